The molecular formula is C9H12BrO2P. The van der Waals surface area contributed by atoms with E-state index in [4.69, 9.17) is 4.52 Å². The van der Waals surface area contributed by atoms with Gasteiger partial charge < -0.3 is 4.52 Å². The molecule has 0 saturated carbocycles. The van der Waals surface area contributed by atoms with Gasteiger partial charge in [0.2, 0.25) is 0 Å². The lowest BCUT2D eigenvalue weighted by Crippen LogP contribution is -1.93. The second kappa shape index (κ2) is 7.05. The van der Waals surface area contributed by atoms with E-state index in [-0.39, 0.29) is 5.78 Å². The van der Waals surface area contributed by atoms with E-state index < -0.39 is 0 Å². The summed E-state index contributed by atoms with van der Waals surface area (Å²) in [5, 5.41) is 0. The first-order valence-corrected chi connectivity index (χ1v) is 5.66. The van der Waals surface area contributed by atoms with Crippen LogP contribution >= 0.6 is 25.4 Å². The number of ketones is 1. The van der Waals surface area contributed by atoms with Crippen LogP contribution in [0.5, 0.6) is 5.75 Å². The summed E-state index contributed by atoms with van der Waals surface area (Å²) in [6, 6.07) is 7.13. The Morgan fingerprint density at radius 3 is 2.31 bits per heavy atom. The fourth-order valence-electron chi connectivity index (χ4n) is 0.860. The van der Waals surface area contributed by atoms with E-state index in [1.54, 1.807) is 12.1 Å². The Labute approximate surface area is 89.1 Å². The lowest BCUT2D eigenvalue weighted by atomic mass is 10.1. The molecule has 0 aliphatic carbocycles. The van der Waals surface area contributed by atoms with Crippen molar-refractivity contribution >= 4 is 31.2 Å². The predicted molar refractivity (Wildman–Crippen MR) is 61.6 cm³/mol. The molecule has 1 aromatic carbocycles. The molecule has 4 heteroatoms. The number of rotatable bonds is 2. The monoisotopic (exact) mass is 262 g/mol. The summed E-state index contributed by atoms with van der Waals surface area (Å²) in [7, 11) is 2.12. The second-order valence-corrected chi connectivity index (χ2v) is 2.41. The Morgan fingerprint density at radius 2 is 1.92 bits per heavy atom. The van der Waals surface area contributed by atoms with Crippen molar-refractivity contribution in [1.82, 2.24) is 0 Å². The number of Topliss-reactive ketones (excluding diaryl/α,β-unsaturated/α-hetero) is 1. The highest BCUT2D eigenvalue weighted by Crippen LogP contribution is 2.19. The summed E-state index contributed by atoms with van der Waals surface area (Å²) < 4.78 is 4.90. The summed E-state index contributed by atoms with van der Waals surface area (Å²) in [6.07, 6.45) is 0. The van der Waals surface area contributed by atoms with E-state index >= 15 is 0 Å². The van der Waals surface area contributed by atoms with Gasteiger partial charge in [0, 0.05) is 0 Å². The van der Waals surface area contributed by atoms with Crippen molar-refractivity contribution in [2.75, 3.05) is 5.83 Å². The molecule has 0 heterocycles. The van der Waals surface area contributed by atoms with Gasteiger partial charge in [0.25, 0.3) is 0 Å². The maximum absolute atomic E-state index is 10.9. The SMILES string of the molecule is CBr.CC(=O)c1ccccc1OP. The van der Waals surface area contributed by atoms with Gasteiger partial charge in [0.1, 0.15) is 5.75 Å². The minimum absolute atomic E-state index is 0.0167. The van der Waals surface area contributed by atoms with Gasteiger partial charge in [0.05, 0.1) is 15.0 Å². The molecule has 1 aromatic rings. The van der Waals surface area contributed by atoms with Gasteiger partial charge in [-0.1, -0.05) is 28.1 Å². The highest BCUT2D eigenvalue weighted by molar-refractivity contribution is 9.08. The number of halogens is 1. The molecule has 0 fully saturated rings. The van der Waals surface area contributed by atoms with E-state index in [2.05, 4.69) is 25.4 Å². The van der Waals surface area contributed by atoms with Gasteiger partial charge in [-0.15, -0.1) is 0 Å². The summed E-state index contributed by atoms with van der Waals surface area (Å²) in [6.45, 7) is 1.52. The van der Waals surface area contributed by atoms with E-state index in [0.29, 0.717) is 11.3 Å². The van der Waals surface area contributed by atoms with Gasteiger partial charge in [-0.3, -0.25) is 4.79 Å². The Balaban J connectivity index is 0.000000671. The topological polar surface area (TPSA) is 26.3 Å². The molecule has 0 radical (unpaired) electrons. The molecule has 0 N–H and O–H groups in total. The minimum Gasteiger partial charge on any atom is -0.480 e. The quantitative estimate of drug-likeness (QED) is 0.465. The van der Waals surface area contributed by atoms with Gasteiger partial charge in [0.15, 0.2) is 5.78 Å². The molecule has 0 spiro atoms. The standard InChI is InChI=1S/C8H9O2P.CH3Br/c1-6(9)7-4-2-3-5-8(7)10-11;1-2/h2-5H,11H2,1H3;1H3. The average molecular weight is 263 g/mol. The second-order valence-electron chi connectivity index (χ2n) is 2.17. The minimum atomic E-state index is 0.0167. The normalized spacial score (nSPS) is 8.31. The molecule has 0 bridgehead atoms. The number of carbonyl (C=O) groups is 1. The van der Waals surface area contributed by atoms with Crippen molar-refractivity contribution in [3.63, 3.8) is 0 Å². The van der Waals surface area contributed by atoms with E-state index in [1.165, 1.54) is 6.92 Å². The molecule has 1 atom stereocenters. The van der Waals surface area contributed by atoms with Crippen LogP contribution in [0.15, 0.2) is 24.3 Å². The molecule has 2 nitrogen and oxygen atoms in total. The Kier molecular flexibility index (Phi) is 6.83. The van der Waals surface area contributed by atoms with Crippen molar-refractivity contribution < 1.29 is 9.32 Å². The summed E-state index contributed by atoms with van der Waals surface area (Å²) >= 11 is 2.94. The van der Waals surface area contributed by atoms with Gasteiger partial charge in [-0.05, 0) is 24.9 Å². The zero-order valence-corrected chi connectivity index (χ0v) is 10.3. The lowest BCUT2D eigenvalue weighted by Gasteiger charge is -2.02. The van der Waals surface area contributed by atoms with Crippen molar-refractivity contribution in [2.45, 2.75) is 6.92 Å². The Bertz CT molecular complexity index is 276. The van der Waals surface area contributed by atoms with Crippen LogP contribution in [0, 0.1) is 0 Å². The van der Waals surface area contributed by atoms with Crippen LogP contribution in [0.1, 0.15) is 17.3 Å². The summed E-state index contributed by atoms with van der Waals surface area (Å²) in [5.74, 6) is 2.43. The van der Waals surface area contributed by atoms with Crippen LogP contribution in [-0.4, -0.2) is 11.6 Å². The zero-order chi connectivity index (χ0) is 10.3. The van der Waals surface area contributed by atoms with Crippen LogP contribution < -0.4 is 4.52 Å². The molecule has 13 heavy (non-hydrogen) atoms. The smallest absolute Gasteiger partial charge is 0.163 e. The summed E-state index contributed by atoms with van der Waals surface area (Å²) in [4.78, 5) is 10.9. The van der Waals surface area contributed by atoms with Crippen LogP contribution in [-0.2, 0) is 0 Å². The number of hydrogen-bond donors (Lipinski definition) is 0. The number of benzene rings is 1. The fourth-order valence-corrected chi connectivity index (χ4v) is 1.07. The number of alkyl halides is 1. The van der Waals surface area contributed by atoms with E-state index in [9.17, 15) is 4.79 Å². The van der Waals surface area contributed by atoms with Gasteiger partial charge >= 0.3 is 0 Å². The van der Waals surface area contributed by atoms with Crippen LogP contribution in [0.4, 0.5) is 0 Å². The first-order chi connectivity index (χ1) is 6.25. The van der Waals surface area contributed by atoms with Crippen molar-refractivity contribution in [2.24, 2.45) is 0 Å². The zero-order valence-electron chi connectivity index (χ0n) is 7.58. The molecule has 1 unspecified atom stereocenters. The third-order valence-corrected chi connectivity index (χ3v) is 1.65. The van der Waals surface area contributed by atoms with E-state index in [1.807, 2.05) is 18.0 Å². The fraction of sp³-hybridized carbons (Fsp3) is 0.222. The van der Waals surface area contributed by atoms with Gasteiger partial charge in [-0.25, -0.2) is 0 Å². The molecule has 0 amide bonds. The Hall–Kier alpha value is -0.400. The van der Waals surface area contributed by atoms with Crippen molar-refractivity contribution in [3.05, 3.63) is 29.8 Å². The van der Waals surface area contributed by atoms with Crippen LogP contribution in [0.25, 0.3) is 0 Å². The number of para-hydroxylation sites is 1. The lowest BCUT2D eigenvalue weighted by molar-refractivity contribution is 0.101. The highest BCUT2D eigenvalue weighted by atomic mass is 79.9. The first kappa shape index (κ1) is 12.6. The van der Waals surface area contributed by atoms with Gasteiger partial charge in [-0.2, -0.15) is 0 Å². The first-order valence-electron chi connectivity index (χ1n) is 3.60. The molecule has 0 aliphatic rings. The average Bonchev–Trinajstić information content (AvgIpc) is 2.20. The van der Waals surface area contributed by atoms with Crippen molar-refractivity contribution in [1.29, 1.82) is 0 Å². The maximum atomic E-state index is 10.9. The molecule has 1 rings (SSSR count). The number of hydrogen-bond acceptors (Lipinski definition) is 2. The predicted octanol–water partition coefficient (Wildman–Crippen LogP) is 3.07. The van der Waals surface area contributed by atoms with Crippen LogP contribution in [0.2, 0.25) is 0 Å². The summed E-state index contributed by atoms with van der Waals surface area (Å²) in [5.41, 5.74) is 0.613. The molecule has 72 valence electrons. The third-order valence-electron chi connectivity index (χ3n) is 1.39. The molecular weight excluding hydrogens is 251 g/mol. The molecule has 0 saturated heterocycles. The van der Waals surface area contributed by atoms with Crippen LogP contribution in [0.3, 0.4) is 0 Å². The largest absolute Gasteiger partial charge is 0.480 e. The Morgan fingerprint density at radius 1 is 1.38 bits per heavy atom. The van der Waals surface area contributed by atoms with Crippen molar-refractivity contribution in [3.8, 4) is 5.75 Å². The molecule has 0 aliphatic heterocycles. The van der Waals surface area contributed by atoms with E-state index in [0.717, 1.165) is 0 Å². The highest BCUT2D eigenvalue weighted by Gasteiger charge is 2.04. The number of carbonyl (C=O) groups excluding carboxylic acids is 1. The molecule has 0 aromatic heterocycles. The third kappa shape index (κ3) is 3.88. The maximum Gasteiger partial charge on any atom is 0.163 e.